The first-order valence-corrected chi connectivity index (χ1v) is 3.91. The highest BCUT2D eigenvalue weighted by Crippen LogP contribution is 2.15. The summed E-state index contributed by atoms with van der Waals surface area (Å²) in [6.45, 7) is 5.83. The third kappa shape index (κ3) is 3.21. The van der Waals surface area contributed by atoms with Crippen molar-refractivity contribution in [3.05, 3.63) is 0 Å². The number of nitrogens with one attached hydrogen (secondary N) is 1. The predicted molar refractivity (Wildman–Crippen MR) is 48.1 cm³/mol. The molecule has 0 radical (unpaired) electrons. The van der Waals surface area contributed by atoms with Gasteiger partial charge in [0.2, 0.25) is 0 Å². The van der Waals surface area contributed by atoms with E-state index in [1.165, 1.54) is 0 Å². The number of Topliss-reactive ketones (excluding diaryl/α,β-unsaturated/α-hetero) is 1. The van der Waals surface area contributed by atoms with Crippen LogP contribution in [0.3, 0.4) is 0 Å². The van der Waals surface area contributed by atoms with Crippen molar-refractivity contribution in [1.29, 1.82) is 0 Å². The summed E-state index contributed by atoms with van der Waals surface area (Å²) in [6.07, 6.45) is 1.07. The molecule has 0 spiro atoms. The van der Waals surface area contributed by atoms with Crippen LogP contribution in [0, 0.1) is 11.8 Å². The highest BCUT2D eigenvalue weighted by Gasteiger charge is 2.21. The fourth-order valence-corrected chi connectivity index (χ4v) is 1.47. The Morgan fingerprint density at radius 1 is 1.45 bits per heavy atom. The molecule has 1 aliphatic heterocycles. The summed E-state index contributed by atoms with van der Waals surface area (Å²) in [5.74, 6) is 1.28. The summed E-state index contributed by atoms with van der Waals surface area (Å²) in [5.41, 5.74) is 0. The molecule has 3 heteroatoms. The fraction of sp³-hybridized carbons (Fsp3) is 0.875. The van der Waals surface area contributed by atoms with Crippen molar-refractivity contribution in [1.82, 2.24) is 5.32 Å². The molecule has 0 aromatic carbocycles. The van der Waals surface area contributed by atoms with Crippen LogP contribution < -0.4 is 5.32 Å². The van der Waals surface area contributed by atoms with E-state index in [1.807, 2.05) is 0 Å². The molecule has 1 rings (SSSR count). The van der Waals surface area contributed by atoms with Crippen LogP contribution in [0.2, 0.25) is 0 Å². The van der Waals surface area contributed by atoms with Crippen molar-refractivity contribution in [3.63, 3.8) is 0 Å². The first-order chi connectivity index (χ1) is 4.70. The molecule has 0 aromatic rings. The van der Waals surface area contributed by atoms with Crippen LogP contribution in [-0.2, 0) is 4.79 Å². The maximum Gasteiger partial charge on any atom is 0.134 e. The third-order valence-electron chi connectivity index (χ3n) is 2.15. The number of carbonyl (C=O) groups is 1. The van der Waals surface area contributed by atoms with Gasteiger partial charge < -0.3 is 5.32 Å². The van der Waals surface area contributed by atoms with Gasteiger partial charge in [-0.1, -0.05) is 6.92 Å². The van der Waals surface area contributed by atoms with Crippen molar-refractivity contribution >= 4 is 18.2 Å². The Bertz CT molecular complexity index is 138. The Kier molecular flexibility index (Phi) is 4.69. The van der Waals surface area contributed by atoms with E-state index in [1.54, 1.807) is 6.92 Å². The largest absolute Gasteiger partial charge is 0.316 e. The number of ketones is 1. The topological polar surface area (TPSA) is 29.1 Å². The quantitative estimate of drug-likeness (QED) is 0.653. The maximum atomic E-state index is 10.9. The molecule has 0 bridgehead atoms. The minimum absolute atomic E-state index is 0. The van der Waals surface area contributed by atoms with E-state index in [-0.39, 0.29) is 18.3 Å². The van der Waals surface area contributed by atoms with Crippen LogP contribution in [0.5, 0.6) is 0 Å². The molecule has 11 heavy (non-hydrogen) atoms. The number of hydrogen-bond acceptors (Lipinski definition) is 2. The second kappa shape index (κ2) is 4.73. The fourth-order valence-electron chi connectivity index (χ4n) is 1.47. The van der Waals surface area contributed by atoms with E-state index in [0.717, 1.165) is 19.5 Å². The van der Waals surface area contributed by atoms with Crippen LogP contribution >= 0.6 is 12.4 Å². The average Bonchev–Trinajstić information content (AvgIpc) is 1.88. The van der Waals surface area contributed by atoms with Crippen LogP contribution in [0.1, 0.15) is 20.3 Å². The molecule has 0 saturated carbocycles. The Hall–Kier alpha value is -0.0800. The SMILES string of the molecule is CC(=O)[C@H]1CNC[C@@H](C)C1.Cl. The predicted octanol–water partition coefficient (Wildman–Crippen LogP) is 1.24. The number of hydrogen-bond donors (Lipinski definition) is 1. The zero-order valence-corrected chi connectivity index (χ0v) is 7.91. The monoisotopic (exact) mass is 177 g/mol. The van der Waals surface area contributed by atoms with Gasteiger partial charge in [0.15, 0.2) is 0 Å². The lowest BCUT2D eigenvalue weighted by molar-refractivity contribution is -0.121. The minimum Gasteiger partial charge on any atom is -0.316 e. The highest BCUT2D eigenvalue weighted by atomic mass is 35.5. The average molecular weight is 178 g/mol. The van der Waals surface area contributed by atoms with Gasteiger partial charge in [-0.2, -0.15) is 0 Å². The molecular weight excluding hydrogens is 162 g/mol. The molecule has 0 amide bonds. The Morgan fingerprint density at radius 2 is 2.09 bits per heavy atom. The number of halogens is 1. The second-order valence-corrected chi connectivity index (χ2v) is 3.31. The van der Waals surface area contributed by atoms with Crippen LogP contribution in [-0.4, -0.2) is 18.9 Å². The molecule has 2 atom stereocenters. The van der Waals surface area contributed by atoms with E-state index in [9.17, 15) is 4.79 Å². The Labute approximate surface area is 74.2 Å². The second-order valence-electron chi connectivity index (χ2n) is 3.31. The molecule has 66 valence electrons. The van der Waals surface area contributed by atoms with Crippen LogP contribution in [0.15, 0.2) is 0 Å². The third-order valence-corrected chi connectivity index (χ3v) is 2.15. The van der Waals surface area contributed by atoms with Gasteiger partial charge in [-0.3, -0.25) is 4.79 Å². The summed E-state index contributed by atoms with van der Waals surface area (Å²) in [7, 11) is 0. The standard InChI is InChI=1S/C8H15NO.ClH/c1-6-3-8(7(2)10)5-9-4-6;/h6,8-9H,3-5H2,1-2H3;1H/t6-,8+;/m0./s1. The molecule has 2 nitrogen and oxygen atoms in total. The van der Waals surface area contributed by atoms with Crippen LogP contribution in [0.4, 0.5) is 0 Å². The van der Waals surface area contributed by atoms with Gasteiger partial charge in [-0.25, -0.2) is 0 Å². The molecule has 0 aliphatic carbocycles. The summed E-state index contributed by atoms with van der Waals surface area (Å²) in [5, 5.41) is 3.25. The van der Waals surface area contributed by atoms with E-state index in [0.29, 0.717) is 11.7 Å². The van der Waals surface area contributed by atoms with Gasteiger partial charge in [-0.15, -0.1) is 12.4 Å². The Morgan fingerprint density at radius 3 is 2.45 bits per heavy atom. The van der Waals surface area contributed by atoms with Crippen molar-refractivity contribution in [2.24, 2.45) is 11.8 Å². The molecule has 1 aliphatic rings. The van der Waals surface area contributed by atoms with E-state index in [4.69, 9.17) is 0 Å². The molecular formula is C8H16ClNO. The highest BCUT2D eigenvalue weighted by molar-refractivity contribution is 5.85. The summed E-state index contributed by atoms with van der Waals surface area (Å²) >= 11 is 0. The maximum absolute atomic E-state index is 10.9. The first-order valence-electron chi connectivity index (χ1n) is 3.91. The molecule has 0 unspecified atom stereocenters. The minimum atomic E-state index is 0. The smallest absolute Gasteiger partial charge is 0.134 e. The summed E-state index contributed by atoms with van der Waals surface area (Å²) in [4.78, 5) is 10.9. The summed E-state index contributed by atoms with van der Waals surface area (Å²) < 4.78 is 0. The van der Waals surface area contributed by atoms with Gasteiger partial charge in [0.25, 0.3) is 0 Å². The van der Waals surface area contributed by atoms with Gasteiger partial charge >= 0.3 is 0 Å². The molecule has 1 N–H and O–H groups in total. The lowest BCUT2D eigenvalue weighted by Crippen LogP contribution is -2.37. The van der Waals surface area contributed by atoms with Crippen LogP contribution in [0.25, 0.3) is 0 Å². The Balaban J connectivity index is 0.000001000. The lowest BCUT2D eigenvalue weighted by Gasteiger charge is -2.25. The van der Waals surface area contributed by atoms with Gasteiger partial charge in [0, 0.05) is 12.5 Å². The first kappa shape index (κ1) is 10.9. The zero-order chi connectivity index (χ0) is 7.56. The lowest BCUT2D eigenvalue weighted by atomic mass is 9.89. The van der Waals surface area contributed by atoms with E-state index >= 15 is 0 Å². The van der Waals surface area contributed by atoms with Gasteiger partial charge in [0.05, 0.1) is 0 Å². The van der Waals surface area contributed by atoms with Crippen molar-refractivity contribution in [2.45, 2.75) is 20.3 Å². The van der Waals surface area contributed by atoms with Crippen molar-refractivity contribution in [2.75, 3.05) is 13.1 Å². The van der Waals surface area contributed by atoms with Gasteiger partial charge in [-0.05, 0) is 25.8 Å². The summed E-state index contributed by atoms with van der Waals surface area (Å²) in [6, 6.07) is 0. The number of piperidine rings is 1. The normalized spacial score (nSPS) is 30.7. The molecule has 1 fully saturated rings. The molecule has 0 aromatic heterocycles. The van der Waals surface area contributed by atoms with Crippen molar-refractivity contribution in [3.8, 4) is 0 Å². The molecule has 1 heterocycles. The molecule has 1 saturated heterocycles. The number of carbonyl (C=O) groups excluding carboxylic acids is 1. The van der Waals surface area contributed by atoms with Gasteiger partial charge in [0.1, 0.15) is 5.78 Å². The van der Waals surface area contributed by atoms with Crippen molar-refractivity contribution < 1.29 is 4.79 Å². The van der Waals surface area contributed by atoms with E-state index < -0.39 is 0 Å². The zero-order valence-electron chi connectivity index (χ0n) is 7.09. The van der Waals surface area contributed by atoms with E-state index in [2.05, 4.69) is 12.2 Å². The number of rotatable bonds is 1.